The number of hydrogen-bond acceptors (Lipinski definition) is 0. The maximum Gasteiger partial charge on any atom is -0.0162 e. The summed E-state index contributed by atoms with van der Waals surface area (Å²) in [6.07, 6.45) is 14.8. The van der Waals surface area contributed by atoms with Crippen LogP contribution in [0.1, 0.15) is 82.6 Å². The molecule has 0 N–H and O–H groups in total. The van der Waals surface area contributed by atoms with Crippen LogP contribution in [0.15, 0.2) is 30.3 Å². The van der Waals surface area contributed by atoms with E-state index in [-0.39, 0.29) is 0 Å². The molecule has 0 atom stereocenters. The lowest BCUT2D eigenvalue weighted by Gasteiger charge is -2.38. The number of rotatable bonds is 4. The van der Waals surface area contributed by atoms with E-state index in [4.69, 9.17) is 0 Å². The molecule has 0 saturated heterocycles. The van der Waals surface area contributed by atoms with Crippen LogP contribution in [0.2, 0.25) is 0 Å². The van der Waals surface area contributed by atoms with Gasteiger partial charge in [0.15, 0.2) is 0 Å². The van der Waals surface area contributed by atoms with Crippen molar-refractivity contribution in [1.82, 2.24) is 0 Å². The lowest BCUT2D eigenvalue weighted by Crippen LogP contribution is -2.25. The van der Waals surface area contributed by atoms with Gasteiger partial charge in [0.25, 0.3) is 0 Å². The normalized spacial score (nSPS) is 33.8. The molecule has 0 bridgehead atoms. The Morgan fingerprint density at radius 1 is 0.762 bits per heavy atom. The van der Waals surface area contributed by atoms with Crippen molar-refractivity contribution in [3.8, 4) is 0 Å². The molecule has 21 heavy (non-hydrogen) atoms. The Morgan fingerprint density at radius 2 is 1.33 bits per heavy atom. The Morgan fingerprint density at radius 3 is 1.90 bits per heavy atom. The molecule has 3 rings (SSSR count). The molecule has 0 heteroatoms. The summed E-state index contributed by atoms with van der Waals surface area (Å²) in [5.41, 5.74) is 1.59. The molecule has 0 aromatic heterocycles. The molecule has 1 aromatic rings. The summed E-state index contributed by atoms with van der Waals surface area (Å²) < 4.78 is 0. The molecule has 0 radical (unpaired) electrons. The first-order valence-electron chi connectivity index (χ1n) is 9.41. The Hall–Kier alpha value is -0.780. The molecule has 2 saturated carbocycles. The summed E-state index contributed by atoms with van der Waals surface area (Å²) >= 11 is 0. The monoisotopic (exact) mass is 284 g/mol. The second kappa shape index (κ2) is 7.47. The quantitative estimate of drug-likeness (QED) is 0.586. The van der Waals surface area contributed by atoms with Crippen molar-refractivity contribution in [2.75, 3.05) is 0 Å². The third-order valence-corrected chi connectivity index (χ3v) is 6.30. The van der Waals surface area contributed by atoms with Gasteiger partial charge in [0, 0.05) is 0 Å². The predicted octanol–water partition coefficient (Wildman–Crippen LogP) is 6.57. The second-order valence-electron chi connectivity index (χ2n) is 7.59. The van der Waals surface area contributed by atoms with E-state index in [2.05, 4.69) is 37.3 Å². The van der Waals surface area contributed by atoms with Crippen LogP contribution in [0.5, 0.6) is 0 Å². The van der Waals surface area contributed by atoms with Crippen LogP contribution in [-0.4, -0.2) is 0 Å². The van der Waals surface area contributed by atoms with E-state index in [0.717, 1.165) is 23.7 Å². The average Bonchev–Trinajstić information content (AvgIpc) is 2.57. The van der Waals surface area contributed by atoms with Crippen molar-refractivity contribution in [3.63, 3.8) is 0 Å². The van der Waals surface area contributed by atoms with E-state index in [0.29, 0.717) is 0 Å². The van der Waals surface area contributed by atoms with E-state index >= 15 is 0 Å². The highest BCUT2D eigenvalue weighted by atomic mass is 14.4. The smallest absolute Gasteiger partial charge is 0.0162 e. The maximum absolute atomic E-state index is 2.34. The molecule has 2 aliphatic rings. The minimum absolute atomic E-state index is 0.846. The fourth-order valence-electron chi connectivity index (χ4n) is 5.01. The van der Waals surface area contributed by atoms with Crippen molar-refractivity contribution >= 4 is 0 Å². The number of hydrogen-bond donors (Lipinski definition) is 0. The molecule has 2 fully saturated rings. The van der Waals surface area contributed by atoms with Crippen LogP contribution in [0.3, 0.4) is 0 Å². The fraction of sp³-hybridized carbons (Fsp3) is 0.714. The minimum Gasteiger partial charge on any atom is -0.0654 e. The van der Waals surface area contributed by atoms with Crippen molar-refractivity contribution in [2.24, 2.45) is 17.8 Å². The molecule has 0 heterocycles. The largest absolute Gasteiger partial charge is 0.0654 e. The van der Waals surface area contributed by atoms with Gasteiger partial charge in [-0.05, 0) is 67.8 Å². The first-order valence-corrected chi connectivity index (χ1v) is 9.41. The van der Waals surface area contributed by atoms with E-state index in [1.54, 1.807) is 5.56 Å². The molecular formula is C21H32. The third-order valence-electron chi connectivity index (χ3n) is 6.30. The Kier molecular flexibility index (Phi) is 5.38. The van der Waals surface area contributed by atoms with Crippen LogP contribution >= 0.6 is 0 Å². The SMILES string of the molecule is CCC[C@H]1CC[C@H]([C@H]2CC[C@H](c3ccccc3)CC2)CC1. The van der Waals surface area contributed by atoms with E-state index in [9.17, 15) is 0 Å². The van der Waals surface area contributed by atoms with Gasteiger partial charge in [0.05, 0.1) is 0 Å². The van der Waals surface area contributed by atoms with Crippen molar-refractivity contribution in [2.45, 2.75) is 77.0 Å². The molecular weight excluding hydrogens is 252 g/mol. The standard InChI is InChI=1S/C21H32/c1-2-6-17-9-11-19(12-10-17)21-15-13-20(14-16-21)18-7-4-3-5-8-18/h3-5,7-8,17,19-21H,2,6,9-16H2,1H3/t17-,19-,20-,21-. The summed E-state index contributed by atoms with van der Waals surface area (Å²) in [4.78, 5) is 0. The molecule has 0 unspecified atom stereocenters. The summed E-state index contributed by atoms with van der Waals surface area (Å²) in [5.74, 6) is 4.02. The first kappa shape index (κ1) is 15.1. The second-order valence-corrected chi connectivity index (χ2v) is 7.59. The van der Waals surface area contributed by atoms with Gasteiger partial charge in [-0.25, -0.2) is 0 Å². The van der Waals surface area contributed by atoms with Crippen LogP contribution < -0.4 is 0 Å². The van der Waals surface area contributed by atoms with Crippen LogP contribution in [0, 0.1) is 17.8 Å². The van der Waals surface area contributed by atoms with Gasteiger partial charge in [-0.15, -0.1) is 0 Å². The zero-order chi connectivity index (χ0) is 14.5. The molecule has 1 aromatic carbocycles. The molecule has 0 amide bonds. The highest BCUT2D eigenvalue weighted by molar-refractivity contribution is 5.19. The van der Waals surface area contributed by atoms with Crippen LogP contribution in [-0.2, 0) is 0 Å². The van der Waals surface area contributed by atoms with Crippen LogP contribution in [0.25, 0.3) is 0 Å². The van der Waals surface area contributed by atoms with Gasteiger partial charge in [0.1, 0.15) is 0 Å². The van der Waals surface area contributed by atoms with Crippen LogP contribution in [0.4, 0.5) is 0 Å². The average molecular weight is 284 g/mol. The number of benzene rings is 1. The van der Waals surface area contributed by atoms with E-state index in [1.807, 2.05) is 0 Å². The predicted molar refractivity (Wildman–Crippen MR) is 91.5 cm³/mol. The molecule has 116 valence electrons. The maximum atomic E-state index is 2.34. The Labute approximate surface area is 131 Å². The Bertz CT molecular complexity index is 391. The summed E-state index contributed by atoms with van der Waals surface area (Å²) in [5, 5.41) is 0. The summed E-state index contributed by atoms with van der Waals surface area (Å²) in [6, 6.07) is 11.2. The summed E-state index contributed by atoms with van der Waals surface area (Å²) in [6.45, 7) is 2.34. The summed E-state index contributed by atoms with van der Waals surface area (Å²) in [7, 11) is 0. The molecule has 0 spiro atoms. The Balaban J connectivity index is 1.46. The van der Waals surface area contributed by atoms with Crippen molar-refractivity contribution in [3.05, 3.63) is 35.9 Å². The van der Waals surface area contributed by atoms with Gasteiger partial charge in [-0.3, -0.25) is 0 Å². The highest BCUT2D eigenvalue weighted by Gasteiger charge is 2.30. The fourth-order valence-corrected chi connectivity index (χ4v) is 5.01. The van der Waals surface area contributed by atoms with Gasteiger partial charge in [0.2, 0.25) is 0 Å². The van der Waals surface area contributed by atoms with E-state index < -0.39 is 0 Å². The first-order chi connectivity index (χ1) is 10.4. The zero-order valence-corrected chi connectivity index (χ0v) is 13.8. The molecule has 0 nitrogen and oxygen atoms in total. The topological polar surface area (TPSA) is 0 Å². The van der Waals surface area contributed by atoms with Gasteiger partial charge in [-0.1, -0.05) is 62.9 Å². The zero-order valence-electron chi connectivity index (χ0n) is 13.8. The molecule has 0 aliphatic heterocycles. The van der Waals surface area contributed by atoms with Gasteiger partial charge >= 0.3 is 0 Å². The van der Waals surface area contributed by atoms with Crippen molar-refractivity contribution in [1.29, 1.82) is 0 Å². The highest BCUT2D eigenvalue weighted by Crippen LogP contribution is 2.44. The van der Waals surface area contributed by atoms with Crippen molar-refractivity contribution < 1.29 is 0 Å². The minimum atomic E-state index is 0.846. The lowest BCUT2D eigenvalue weighted by molar-refractivity contribution is 0.156. The van der Waals surface area contributed by atoms with Gasteiger partial charge < -0.3 is 0 Å². The van der Waals surface area contributed by atoms with Gasteiger partial charge in [-0.2, -0.15) is 0 Å². The van der Waals surface area contributed by atoms with E-state index in [1.165, 1.54) is 64.2 Å². The molecule has 2 aliphatic carbocycles. The third kappa shape index (κ3) is 3.90. The lowest BCUT2D eigenvalue weighted by atomic mass is 9.68.